The topological polar surface area (TPSA) is 18.5 Å². The van der Waals surface area contributed by atoms with Crippen molar-refractivity contribution in [1.82, 2.24) is 15.1 Å². The molecule has 0 aromatic carbocycles. The molecule has 2 aliphatic heterocycles. The summed E-state index contributed by atoms with van der Waals surface area (Å²) >= 11 is 0. The highest BCUT2D eigenvalue weighted by Crippen LogP contribution is 2.10. The first-order valence-electron chi connectivity index (χ1n) is 6.28. The fourth-order valence-corrected chi connectivity index (χ4v) is 2.12. The van der Waals surface area contributed by atoms with Gasteiger partial charge in [-0.2, -0.15) is 0 Å². The highest BCUT2D eigenvalue weighted by atomic mass is 15.2. The lowest BCUT2D eigenvalue weighted by atomic mass is 10.1. The zero-order chi connectivity index (χ0) is 11.4. The third-order valence-electron chi connectivity index (χ3n) is 3.44. The maximum absolute atomic E-state index is 3.35. The summed E-state index contributed by atoms with van der Waals surface area (Å²) in [5, 5.41) is 3.35. The fraction of sp³-hybridized carbons (Fsp3) is 0.692. The van der Waals surface area contributed by atoms with Crippen molar-refractivity contribution in [3.63, 3.8) is 0 Å². The minimum Gasteiger partial charge on any atom is -0.385 e. The SMILES string of the molecule is CC1C=CC(CCN2CCN(C)CC2)=CN1. The van der Waals surface area contributed by atoms with E-state index in [0.717, 1.165) is 0 Å². The molecule has 1 saturated heterocycles. The summed E-state index contributed by atoms with van der Waals surface area (Å²) in [6.45, 7) is 8.23. The molecule has 0 spiro atoms. The van der Waals surface area contributed by atoms with E-state index >= 15 is 0 Å². The number of piperazine rings is 1. The molecule has 0 bridgehead atoms. The molecule has 0 aromatic rings. The van der Waals surface area contributed by atoms with Gasteiger partial charge in [-0.25, -0.2) is 0 Å². The van der Waals surface area contributed by atoms with Gasteiger partial charge in [-0.3, -0.25) is 0 Å². The number of allylic oxidation sites excluding steroid dienone is 1. The van der Waals surface area contributed by atoms with Gasteiger partial charge in [0.2, 0.25) is 0 Å². The predicted molar refractivity (Wildman–Crippen MR) is 68.4 cm³/mol. The van der Waals surface area contributed by atoms with Crippen LogP contribution < -0.4 is 5.32 Å². The van der Waals surface area contributed by atoms with E-state index in [0.29, 0.717) is 6.04 Å². The maximum atomic E-state index is 3.35. The van der Waals surface area contributed by atoms with E-state index in [1.165, 1.54) is 44.7 Å². The molecule has 16 heavy (non-hydrogen) atoms. The predicted octanol–water partition coefficient (Wildman–Crippen LogP) is 1.06. The summed E-state index contributed by atoms with van der Waals surface area (Å²) in [6.07, 6.45) is 7.83. The van der Waals surface area contributed by atoms with Gasteiger partial charge in [0.1, 0.15) is 0 Å². The van der Waals surface area contributed by atoms with Crippen molar-refractivity contribution >= 4 is 0 Å². The second-order valence-corrected chi connectivity index (χ2v) is 4.93. The average Bonchev–Trinajstić information content (AvgIpc) is 2.30. The third-order valence-corrected chi connectivity index (χ3v) is 3.44. The molecule has 1 unspecified atom stereocenters. The summed E-state index contributed by atoms with van der Waals surface area (Å²) in [4.78, 5) is 4.96. The van der Waals surface area contributed by atoms with E-state index < -0.39 is 0 Å². The van der Waals surface area contributed by atoms with Crippen LogP contribution in [-0.4, -0.2) is 55.6 Å². The van der Waals surface area contributed by atoms with Crippen molar-refractivity contribution < 1.29 is 0 Å². The molecule has 0 aliphatic carbocycles. The standard InChI is InChI=1S/C13H23N3/c1-12-3-4-13(11-14-12)5-6-16-9-7-15(2)8-10-16/h3-4,11-12,14H,5-10H2,1-2H3. The highest BCUT2D eigenvalue weighted by Gasteiger charge is 2.13. The molecule has 1 fully saturated rings. The van der Waals surface area contributed by atoms with Crippen molar-refractivity contribution in [3.05, 3.63) is 23.9 Å². The summed E-state index contributed by atoms with van der Waals surface area (Å²) < 4.78 is 0. The van der Waals surface area contributed by atoms with Gasteiger partial charge in [0.05, 0.1) is 0 Å². The Hall–Kier alpha value is -0.800. The van der Waals surface area contributed by atoms with Gasteiger partial charge >= 0.3 is 0 Å². The number of likely N-dealkylation sites (N-methyl/N-ethyl adjacent to an activating group) is 1. The Morgan fingerprint density at radius 1 is 1.31 bits per heavy atom. The number of nitrogens with zero attached hydrogens (tertiary/aromatic N) is 2. The quantitative estimate of drug-likeness (QED) is 0.768. The molecule has 2 heterocycles. The average molecular weight is 221 g/mol. The summed E-state index contributed by atoms with van der Waals surface area (Å²) in [7, 11) is 2.20. The van der Waals surface area contributed by atoms with E-state index in [4.69, 9.17) is 0 Å². The fourth-order valence-electron chi connectivity index (χ4n) is 2.12. The zero-order valence-corrected chi connectivity index (χ0v) is 10.4. The first kappa shape index (κ1) is 11.7. The van der Waals surface area contributed by atoms with Crippen LogP contribution in [0.15, 0.2) is 23.9 Å². The Morgan fingerprint density at radius 2 is 2.06 bits per heavy atom. The summed E-state index contributed by atoms with van der Waals surface area (Å²) in [5.74, 6) is 0. The minimum absolute atomic E-state index is 0.493. The van der Waals surface area contributed by atoms with Gasteiger partial charge in [-0.1, -0.05) is 12.2 Å². The molecule has 3 heteroatoms. The Labute approximate surface area is 98.8 Å². The Kier molecular flexibility index (Phi) is 4.02. The lowest BCUT2D eigenvalue weighted by Gasteiger charge is -2.32. The zero-order valence-electron chi connectivity index (χ0n) is 10.4. The Bertz CT molecular complexity index is 275. The maximum Gasteiger partial charge on any atom is 0.0413 e. The van der Waals surface area contributed by atoms with Gasteiger partial charge in [0, 0.05) is 45.0 Å². The number of dihydropyridines is 1. The van der Waals surface area contributed by atoms with Crippen LogP contribution >= 0.6 is 0 Å². The van der Waals surface area contributed by atoms with E-state index in [1.807, 2.05) is 0 Å². The van der Waals surface area contributed by atoms with Crippen LogP contribution in [0.4, 0.5) is 0 Å². The van der Waals surface area contributed by atoms with E-state index in [1.54, 1.807) is 0 Å². The van der Waals surface area contributed by atoms with Gasteiger partial charge < -0.3 is 15.1 Å². The van der Waals surface area contributed by atoms with Crippen LogP contribution in [0.3, 0.4) is 0 Å². The van der Waals surface area contributed by atoms with Crippen LogP contribution in [0.25, 0.3) is 0 Å². The molecule has 3 nitrogen and oxygen atoms in total. The molecular formula is C13H23N3. The van der Waals surface area contributed by atoms with E-state index in [9.17, 15) is 0 Å². The summed E-state index contributed by atoms with van der Waals surface area (Å²) in [6, 6.07) is 0.493. The van der Waals surface area contributed by atoms with Crippen LogP contribution in [0.1, 0.15) is 13.3 Å². The Morgan fingerprint density at radius 3 is 2.69 bits per heavy atom. The first-order chi connectivity index (χ1) is 7.74. The van der Waals surface area contributed by atoms with Gasteiger partial charge in [0.25, 0.3) is 0 Å². The van der Waals surface area contributed by atoms with Crippen molar-refractivity contribution in [1.29, 1.82) is 0 Å². The molecule has 2 aliphatic rings. The molecule has 0 radical (unpaired) electrons. The van der Waals surface area contributed by atoms with Crippen LogP contribution in [-0.2, 0) is 0 Å². The number of nitrogens with one attached hydrogen (secondary N) is 1. The number of rotatable bonds is 3. The largest absolute Gasteiger partial charge is 0.385 e. The van der Waals surface area contributed by atoms with Gasteiger partial charge in [-0.05, 0) is 26.0 Å². The monoisotopic (exact) mass is 221 g/mol. The lowest BCUT2D eigenvalue weighted by molar-refractivity contribution is 0.155. The van der Waals surface area contributed by atoms with Crippen molar-refractivity contribution in [2.45, 2.75) is 19.4 Å². The van der Waals surface area contributed by atoms with Crippen molar-refractivity contribution in [2.24, 2.45) is 0 Å². The minimum atomic E-state index is 0.493. The second-order valence-electron chi connectivity index (χ2n) is 4.93. The molecule has 0 aromatic heterocycles. The second kappa shape index (κ2) is 5.51. The molecule has 1 N–H and O–H groups in total. The normalized spacial score (nSPS) is 27.6. The molecule has 2 rings (SSSR count). The van der Waals surface area contributed by atoms with Crippen LogP contribution in [0.2, 0.25) is 0 Å². The number of hydrogen-bond acceptors (Lipinski definition) is 3. The molecule has 0 saturated carbocycles. The third kappa shape index (κ3) is 3.35. The first-order valence-corrected chi connectivity index (χ1v) is 6.28. The summed E-state index contributed by atoms with van der Waals surface area (Å²) in [5.41, 5.74) is 1.43. The molecular weight excluding hydrogens is 198 g/mol. The van der Waals surface area contributed by atoms with Gasteiger partial charge in [0.15, 0.2) is 0 Å². The lowest BCUT2D eigenvalue weighted by Crippen LogP contribution is -2.44. The highest BCUT2D eigenvalue weighted by molar-refractivity contribution is 5.23. The molecule has 1 atom stereocenters. The van der Waals surface area contributed by atoms with E-state index in [-0.39, 0.29) is 0 Å². The molecule has 90 valence electrons. The number of hydrogen-bond donors (Lipinski definition) is 1. The van der Waals surface area contributed by atoms with Gasteiger partial charge in [-0.15, -0.1) is 0 Å². The van der Waals surface area contributed by atoms with Crippen molar-refractivity contribution in [3.8, 4) is 0 Å². The van der Waals surface area contributed by atoms with Crippen LogP contribution in [0, 0.1) is 0 Å². The van der Waals surface area contributed by atoms with E-state index in [2.05, 4.69) is 47.4 Å². The smallest absolute Gasteiger partial charge is 0.0413 e. The van der Waals surface area contributed by atoms with Crippen LogP contribution in [0.5, 0.6) is 0 Å². The van der Waals surface area contributed by atoms with Crippen molar-refractivity contribution in [2.75, 3.05) is 39.8 Å². The Balaban J connectivity index is 1.70. The molecule has 0 amide bonds.